The number of oxime groups is 1. The lowest BCUT2D eigenvalue weighted by molar-refractivity contribution is -0.119. The summed E-state index contributed by atoms with van der Waals surface area (Å²) in [6.45, 7) is 7.92. The van der Waals surface area contributed by atoms with E-state index in [1.807, 2.05) is 39.8 Å². The van der Waals surface area contributed by atoms with Gasteiger partial charge in [0.25, 0.3) is 0 Å². The molecule has 0 unspecified atom stereocenters. The Balaban J connectivity index is 2.17. The Hall–Kier alpha value is -2.37. The van der Waals surface area contributed by atoms with E-state index in [-0.39, 0.29) is 5.84 Å². The number of rotatable bonds is 5. The number of hydrogen-bond acceptors (Lipinski definition) is 5. The largest absolute Gasteiger partial charge is 0.485 e. The van der Waals surface area contributed by atoms with Gasteiger partial charge in [0.1, 0.15) is 18.6 Å². The molecule has 0 atom stereocenters. The molecule has 2 rings (SSSR count). The summed E-state index contributed by atoms with van der Waals surface area (Å²) in [4.78, 5) is 0. The van der Waals surface area contributed by atoms with Crippen molar-refractivity contribution in [2.75, 3.05) is 6.61 Å². The quantitative estimate of drug-likeness (QED) is 0.378. The van der Waals surface area contributed by atoms with Crippen LogP contribution in [-0.4, -0.2) is 23.4 Å². The van der Waals surface area contributed by atoms with Crippen LogP contribution < -0.4 is 10.5 Å². The van der Waals surface area contributed by atoms with E-state index in [2.05, 4.69) is 5.16 Å². The van der Waals surface area contributed by atoms with Crippen LogP contribution in [0, 0.1) is 6.92 Å². The van der Waals surface area contributed by atoms with Gasteiger partial charge in [-0.1, -0.05) is 12.1 Å². The Labute approximate surface area is 130 Å². The maximum absolute atomic E-state index is 8.80. The molecule has 0 aliphatic carbocycles. The minimum absolute atomic E-state index is 0.0846. The lowest BCUT2D eigenvalue weighted by Crippen LogP contribution is -2.21. The second kappa shape index (κ2) is 6.17. The minimum Gasteiger partial charge on any atom is -0.485 e. The third-order valence-corrected chi connectivity index (χ3v) is 3.35. The van der Waals surface area contributed by atoms with Crippen LogP contribution in [0.4, 0.5) is 0 Å². The van der Waals surface area contributed by atoms with Gasteiger partial charge in [0.05, 0.1) is 0 Å². The van der Waals surface area contributed by atoms with Crippen molar-refractivity contribution in [3.05, 3.63) is 40.8 Å². The van der Waals surface area contributed by atoms with Crippen LogP contribution in [0.2, 0.25) is 0 Å². The lowest BCUT2D eigenvalue weighted by atomic mass is 10.0. The van der Waals surface area contributed by atoms with Crippen molar-refractivity contribution in [2.45, 2.75) is 39.9 Å². The summed E-state index contributed by atoms with van der Waals surface area (Å²) in [5, 5.41) is 11.8. The molecule has 6 heteroatoms. The molecule has 1 aromatic rings. The number of aryl methyl sites for hydroxylation is 2. The second-order valence-corrected chi connectivity index (χ2v) is 5.61. The average Bonchev–Trinajstić information content (AvgIpc) is 2.83. The Morgan fingerprint density at radius 3 is 2.68 bits per heavy atom. The SMILES string of the molecule is CCc1cc(/C(N)=N/O)cc(C)c1OCC1=COC(C)(C)O1. The van der Waals surface area contributed by atoms with E-state index in [9.17, 15) is 0 Å². The fourth-order valence-corrected chi connectivity index (χ4v) is 2.30. The Morgan fingerprint density at radius 2 is 2.14 bits per heavy atom. The van der Waals surface area contributed by atoms with Gasteiger partial charge in [-0.15, -0.1) is 0 Å². The predicted octanol–water partition coefficient (Wildman–Crippen LogP) is 2.66. The molecule has 120 valence electrons. The molecule has 3 N–H and O–H groups in total. The van der Waals surface area contributed by atoms with Gasteiger partial charge in [-0.05, 0) is 36.6 Å². The van der Waals surface area contributed by atoms with Crippen LogP contribution in [0.5, 0.6) is 5.75 Å². The molecular weight excluding hydrogens is 284 g/mol. The number of hydrogen-bond donors (Lipinski definition) is 2. The first-order chi connectivity index (χ1) is 10.4. The number of amidine groups is 1. The Kier molecular flexibility index (Phi) is 4.49. The normalized spacial score (nSPS) is 16.7. The van der Waals surface area contributed by atoms with Crippen LogP contribution >= 0.6 is 0 Å². The Morgan fingerprint density at radius 1 is 1.41 bits per heavy atom. The van der Waals surface area contributed by atoms with E-state index in [0.717, 1.165) is 23.3 Å². The van der Waals surface area contributed by atoms with E-state index in [1.54, 1.807) is 6.26 Å². The fourth-order valence-electron chi connectivity index (χ4n) is 2.30. The van der Waals surface area contributed by atoms with Gasteiger partial charge in [0.15, 0.2) is 11.6 Å². The summed E-state index contributed by atoms with van der Waals surface area (Å²) >= 11 is 0. The maximum Gasteiger partial charge on any atom is 0.244 e. The zero-order valence-electron chi connectivity index (χ0n) is 13.3. The highest BCUT2D eigenvalue weighted by molar-refractivity contribution is 5.97. The topological polar surface area (TPSA) is 86.3 Å². The summed E-state index contributed by atoms with van der Waals surface area (Å²) in [5.74, 6) is 0.872. The zero-order chi connectivity index (χ0) is 16.3. The van der Waals surface area contributed by atoms with E-state index in [4.69, 9.17) is 25.2 Å². The van der Waals surface area contributed by atoms with Gasteiger partial charge in [-0.25, -0.2) is 0 Å². The molecule has 0 spiro atoms. The van der Waals surface area contributed by atoms with E-state index >= 15 is 0 Å². The van der Waals surface area contributed by atoms with Crippen LogP contribution in [0.3, 0.4) is 0 Å². The number of nitrogens with two attached hydrogens (primary N) is 1. The van der Waals surface area contributed by atoms with Crippen LogP contribution in [-0.2, 0) is 15.9 Å². The van der Waals surface area contributed by atoms with Crippen molar-refractivity contribution in [1.29, 1.82) is 0 Å². The highest BCUT2D eigenvalue weighted by Crippen LogP contribution is 2.29. The number of benzene rings is 1. The molecule has 1 aliphatic rings. The molecule has 0 fully saturated rings. The van der Waals surface area contributed by atoms with Gasteiger partial charge in [-0.3, -0.25) is 0 Å². The average molecular weight is 306 g/mol. The van der Waals surface area contributed by atoms with Crippen molar-refractivity contribution in [2.24, 2.45) is 10.9 Å². The van der Waals surface area contributed by atoms with Crippen LogP contribution in [0.15, 0.2) is 29.3 Å². The molecule has 1 aliphatic heterocycles. The predicted molar refractivity (Wildman–Crippen MR) is 82.9 cm³/mol. The van der Waals surface area contributed by atoms with Gasteiger partial charge in [0.2, 0.25) is 5.79 Å². The molecule has 6 nitrogen and oxygen atoms in total. The fraction of sp³-hybridized carbons (Fsp3) is 0.438. The standard InChI is InChI=1S/C16H22N2O4/c1-5-11-7-12(15(17)18-19)6-10(2)14(11)20-8-13-9-21-16(3,4)22-13/h6-7,9,19H,5,8H2,1-4H3,(H2,17,18). The highest BCUT2D eigenvalue weighted by atomic mass is 16.7. The summed E-state index contributed by atoms with van der Waals surface area (Å²) in [5.41, 5.74) is 8.23. The van der Waals surface area contributed by atoms with Crippen molar-refractivity contribution < 1.29 is 19.4 Å². The molecule has 0 aromatic heterocycles. The monoisotopic (exact) mass is 306 g/mol. The van der Waals surface area contributed by atoms with E-state index in [0.29, 0.717) is 17.9 Å². The number of ether oxygens (including phenoxy) is 3. The summed E-state index contributed by atoms with van der Waals surface area (Å²) in [7, 11) is 0. The second-order valence-electron chi connectivity index (χ2n) is 5.61. The molecule has 0 radical (unpaired) electrons. The molecule has 0 saturated carbocycles. The van der Waals surface area contributed by atoms with Crippen LogP contribution in [0.25, 0.3) is 0 Å². The van der Waals surface area contributed by atoms with Crippen LogP contribution in [0.1, 0.15) is 37.5 Å². The smallest absolute Gasteiger partial charge is 0.244 e. The molecule has 0 amide bonds. The molecule has 0 bridgehead atoms. The van der Waals surface area contributed by atoms with Gasteiger partial charge in [0, 0.05) is 19.4 Å². The van der Waals surface area contributed by atoms with Crippen molar-refractivity contribution in [3.8, 4) is 5.75 Å². The number of nitrogens with zero attached hydrogens (tertiary/aromatic N) is 1. The highest BCUT2D eigenvalue weighted by Gasteiger charge is 2.28. The third-order valence-electron chi connectivity index (χ3n) is 3.35. The Bertz CT molecular complexity index is 621. The van der Waals surface area contributed by atoms with E-state index < -0.39 is 5.79 Å². The first kappa shape index (κ1) is 16.0. The first-order valence-corrected chi connectivity index (χ1v) is 7.16. The zero-order valence-corrected chi connectivity index (χ0v) is 13.3. The molecule has 22 heavy (non-hydrogen) atoms. The van der Waals surface area contributed by atoms with Crippen molar-refractivity contribution >= 4 is 5.84 Å². The van der Waals surface area contributed by atoms with Gasteiger partial charge < -0.3 is 25.2 Å². The van der Waals surface area contributed by atoms with Crippen molar-refractivity contribution in [3.63, 3.8) is 0 Å². The first-order valence-electron chi connectivity index (χ1n) is 7.16. The van der Waals surface area contributed by atoms with Gasteiger partial charge in [-0.2, -0.15) is 0 Å². The van der Waals surface area contributed by atoms with E-state index in [1.165, 1.54) is 0 Å². The van der Waals surface area contributed by atoms with Crippen molar-refractivity contribution in [1.82, 2.24) is 0 Å². The molecule has 1 aromatic carbocycles. The molecule has 0 saturated heterocycles. The molecular formula is C16H22N2O4. The lowest BCUT2D eigenvalue weighted by Gasteiger charge is -2.19. The summed E-state index contributed by atoms with van der Waals surface area (Å²) in [6, 6.07) is 3.69. The third kappa shape index (κ3) is 3.44. The summed E-state index contributed by atoms with van der Waals surface area (Å²) < 4.78 is 16.9. The van der Waals surface area contributed by atoms with Gasteiger partial charge >= 0.3 is 0 Å². The maximum atomic E-state index is 8.80. The molecule has 1 heterocycles. The minimum atomic E-state index is -0.642. The summed E-state index contributed by atoms with van der Waals surface area (Å²) in [6.07, 6.45) is 2.34.